The highest BCUT2D eigenvalue weighted by Gasteiger charge is 2.25. The first-order valence-corrected chi connectivity index (χ1v) is 7.54. The SMILES string of the molecule is COCC(=O)N1CCN(c2cc(Br)cc(F)c2C(N)=O)CC1. The van der Waals surface area contributed by atoms with Crippen molar-refractivity contribution in [2.75, 3.05) is 44.8 Å². The molecule has 0 saturated carbocycles. The Morgan fingerprint density at radius 1 is 1.32 bits per heavy atom. The van der Waals surface area contributed by atoms with E-state index in [0.29, 0.717) is 36.3 Å². The maximum Gasteiger partial charge on any atom is 0.253 e. The summed E-state index contributed by atoms with van der Waals surface area (Å²) in [5.74, 6) is -1.55. The van der Waals surface area contributed by atoms with Gasteiger partial charge < -0.3 is 20.3 Å². The molecular weight excluding hydrogens is 357 g/mol. The smallest absolute Gasteiger partial charge is 0.253 e. The van der Waals surface area contributed by atoms with Crippen LogP contribution in [0.5, 0.6) is 0 Å². The number of benzene rings is 1. The Morgan fingerprint density at radius 3 is 2.50 bits per heavy atom. The topological polar surface area (TPSA) is 75.9 Å². The second-order valence-electron chi connectivity index (χ2n) is 4.95. The van der Waals surface area contributed by atoms with Gasteiger partial charge in [-0.25, -0.2) is 4.39 Å². The fraction of sp³-hybridized carbons (Fsp3) is 0.429. The van der Waals surface area contributed by atoms with E-state index >= 15 is 0 Å². The summed E-state index contributed by atoms with van der Waals surface area (Å²) in [5, 5.41) is 0. The Bertz CT molecular complexity index is 589. The molecule has 0 radical (unpaired) electrons. The minimum atomic E-state index is -0.808. The molecule has 0 aromatic heterocycles. The van der Waals surface area contributed by atoms with Crippen molar-refractivity contribution in [3.63, 3.8) is 0 Å². The van der Waals surface area contributed by atoms with Gasteiger partial charge in [0.25, 0.3) is 5.91 Å². The number of methoxy groups -OCH3 is 1. The summed E-state index contributed by atoms with van der Waals surface area (Å²) in [6, 6.07) is 2.87. The number of carbonyl (C=O) groups is 2. The summed E-state index contributed by atoms with van der Waals surface area (Å²) in [4.78, 5) is 26.8. The molecule has 2 amide bonds. The van der Waals surface area contributed by atoms with Gasteiger partial charge in [0.15, 0.2) is 0 Å². The fourth-order valence-corrected chi connectivity index (χ4v) is 2.88. The molecule has 1 aromatic carbocycles. The molecule has 0 aliphatic carbocycles. The van der Waals surface area contributed by atoms with Gasteiger partial charge in [-0.15, -0.1) is 0 Å². The summed E-state index contributed by atoms with van der Waals surface area (Å²) in [7, 11) is 1.47. The van der Waals surface area contributed by atoms with Gasteiger partial charge in [-0.1, -0.05) is 15.9 Å². The molecule has 1 saturated heterocycles. The molecular formula is C14H17BrFN3O3. The molecule has 22 heavy (non-hydrogen) atoms. The van der Waals surface area contributed by atoms with Crippen LogP contribution in [0, 0.1) is 5.82 Å². The maximum atomic E-state index is 14.0. The predicted octanol–water partition coefficient (Wildman–Crippen LogP) is 0.982. The second-order valence-corrected chi connectivity index (χ2v) is 5.86. The molecule has 2 rings (SSSR count). The number of amides is 2. The van der Waals surface area contributed by atoms with E-state index in [4.69, 9.17) is 10.5 Å². The summed E-state index contributed by atoms with van der Waals surface area (Å²) >= 11 is 3.22. The standard InChI is InChI=1S/C14H17BrFN3O3/c1-22-8-12(20)19-4-2-18(3-5-19)11-7-9(15)6-10(16)13(11)14(17)21/h6-7H,2-5,8H2,1H3,(H2,17,21). The van der Waals surface area contributed by atoms with Crippen LogP contribution in [0.25, 0.3) is 0 Å². The molecule has 1 fully saturated rings. The number of nitrogens with zero attached hydrogens (tertiary/aromatic N) is 2. The molecule has 1 aromatic rings. The highest BCUT2D eigenvalue weighted by Crippen LogP contribution is 2.28. The van der Waals surface area contributed by atoms with Crippen LogP contribution in [0.4, 0.5) is 10.1 Å². The number of anilines is 1. The Labute approximate surface area is 136 Å². The lowest BCUT2D eigenvalue weighted by Crippen LogP contribution is -2.50. The summed E-state index contributed by atoms with van der Waals surface area (Å²) in [6.07, 6.45) is 0. The molecule has 2 N–H and O–H groups in total. The minimum Gasteiger partial charge on any atom is -0.375 e. The van der Waals surface area contributed by atoms with Crippen molar-refractivity contribution in [1.82, 2.24) is 4.90 Å². The number of nitrogens with two attached hydrogens (primary N) is 1. The zero-order valence-corrected chi connectivity index (χ0v) is 13.7. The third-order valence-electron chi connectivity index (χ3n) is 3.52. The molecule has 8 heteroatoms. The van der Waals surface area contributed by atoms with Gasteiger partial charge in [-0.3, -0.25) is 9.59 Å². The molecule has 0 spiro atoms. The second kappa shape index (κ2) is 7.06. The Kier molecular flexibility index (Phi) is 5.36. The molecule has 6 nitrogen and oxygen atoms in total. The molecule has 0 unspecified atom stereocenters. The fourth-order valence-electron chi connectivity index (χ4n) is 2.46. The zero-order chi connectivity index (χ0) is 16.3. The van der Waals surface area contributed by atoms with Crippen molar-refractivity contribution in [3.05, 3.63) is 28.0 Å². The van der Waals surface area contributed by atoms with E-state index in [0.717, 1.165) is 0 Å². The number of piperazine rings is 1. The van der Waals surface area contributed by atoms with E-state index in [1.165, 1.54) is 13.2 Å². The molecule has 0 atom stereocenters. The minimum absolute atomic E-state index is 0.0397. The summed E-state index contributed by atoms with van der Waals surface area (Å²) in [6.45, 7) is 1.98. The van der Waals surface area contributed by atoms with E-state index in [1.54, 1.807) is 11.0 Å². The van der Waals surface area contributed by atoms with Crippen LogP contribution in [0.3, 0.4) is 0 Å². The van der Waals surface area contributed by atoms with Gasteiger partial charge in [-0.05, 0) is 12.1 Å². The van der Waals surface area contributed by atoms with Gasteiger partial charge in [-0.2, -0.15) is 0 Å². The summed E-state index contributed by atoms with van der Waals surface area (Å²) in [5.41, 5.74) is 5.60. The van der Waals surface area contributed by atoms with E-state index in [1.807, 2.05) is 4.90 Å². The number of hydrogen-bond donors (Lipinski definition) is 1. The number of halogens is 2. The van der Waals surface area contributed by atoms with E-state index in [9.17, 15) is 14.0 Å². The van der Waals surface area contributed by atoms with Crippen LogP contribution < -0.4 is 10.6 Å². The van der Waals surface area contributed by atoms with Crippen molar-refractivity contribution in [1.29, 1.82) is 0 Å². The average Bonchev–Trinajstić information content (AvgIpc) is 2.46. The molecule has 120 valence electrons. The largest absolute Gasteiger partial charge is 0.375 e. The van der Waals surface area contributed by atoms with Crippen molar-refractivity contribution >= 4 is 33.4 Å². The van der Waals surface area contributed by atoms with Crippen LogP contribution in [0.15, 0.2) is 16.6 Å². The molecule has 1 aliphatic rings. The van der Waals surface area contributed by atoms with E-state index in [2.05, 4.69) is 15.9 Å². The number of hydrogen-bond acceptors (Lipinski definition) is 4. The van der Waals surface area contributed by atoms with E-state index < -0.39 is 11.7 Å². The van der Waals surface area contributed by atoms with Crippen molar-refractivity contribution in [2.45, 2.75) is 0 Å². The Balaban J connectivity index is 2.18. The number of primary amides is 1. The maximum absolute atomic E-state index is 14.0. The lowest BCUT2D eigenvalue weighted by Gasteiger charge is -2.36. The molecule has 1 aliphatic heterocycles. The first kappa shape index (κ1) is 16.7. The van der Waals surface area contributed by atoms with Crippen LogP contribution >= 0.6 is 15.9 Å². The van der Waals surface area contributed by atoms with Crippen molar-refractivity contribution < 1.29 is 18.7 Å². The van der Waals surface area contributed by atoms with Crippen molar-refractivity contribution in [3.8, 4) is 0 Å². The van der Waals surface area contributed by atoms with Crippen molar-refractivity contribution in [2.24, 2.45) is 5.73 Å². The first-order valence-electron chi connectivity index (χ1n) is 6.74. The number of rotatable bonds is 4. The van der Waals surface area contributed by atoms with E-state index in [-0.39, 0.29) is 18.1 Å². The van der Waals surface area contributed by atoms with Crippen LogP contribution in [0.2, 0.25) is 0 Å². The van der Waals surface area contributed by atoms with Gasteiger partial charge >= 0.3 is 0 Å². The zero-order valence-electron chi connectivity index (χ0n) is 12.1. The average molecular weight is 374 g/mol. The normalized spacial score (nSPS) is 15.0. The third kappa shape index (κ3) is 3.56. The van der Waals surface area contributed by atoms with Crippen LogP contribution in [0.1, 0.15) is 10.4 Å². The quantitative estimate of drug-likeness (QED) is 0.853. The van der Waals surface area contributed by atoms with Gasteiger partial charge in [0.2, 0.25) is 5.91 Å². The Hall–Kier alpha value is -1.67. The summed E-state index contributed by atoms with van der Waals surface area (Å²) < 4.78 is 19.3. The van der Waals surface area contributed by atoms with Gasteiger partial charge in [0.05, 0.1) is 11.3 Å². The number of ether oxygens (including phenoxy) is 1. The highest BCUT2D eigenvalue weighted by molar-refractivity contribution is 9.10. The lowest BCUT2D eigenvalue weighted by atomic mass is 10.1. The lowest BCUT2D eigenvalue weighted by molar-refractivity contribution is -0.135. The highest BCUT2D eigenvalue weighted by atomic mass is 79.9. The third-order valence-corrected chi connectivity index (χ3v) is 3.98. The predicted molar refractivity (Wildman–Crippen MR) is 83.3 cm³/mol. The molecule has 1 heterocycles. The van der Waals surface area contributed by atoms with Crippen LogP contribution in [-0.4, -0.2) is 56.6 Å². The molecule has 0 bridgehead atoms. The van der Waals surface area contributed by atoms with Gasteiger partial charge in [0, 0.05) is 37.8 Å². The Morgan fingerprint density at radius 2 is 1.95 bits per heavy atom. The first-order chi connectivity index (χ1) is 10.4. The monoisotopic (exact) mass is 373 g/mol. The number of carbonyl (C=O) groups excluding carboxylic acids is 2. The van der Waals surface area contributed by atoms with Gasteiger partial charge in [0.1, 0.15) is 12.4 Å². The van der Waals surface area contributed by atoms with Crippen LogP contribution in [-0.2, 0) is 9.53 Å².